The zero-order valence-electron chi connectivity index (χ0n) is 22.2. The second kappa shape index (κ2) is 11.3. The number of carbonyl (C=O) groups is 2. The molecule has 2 N–H and O–H groups in total. The van der Waals surface area contributed by atoms with Gasteiger partial charge >= 0.3 is 0 Å². The Morgan fingerprint density at radius 2 is 1.75 bits per heavy atom. The number of rotatable bonds is 7. The van der Waals surface area contributed by atoms with E-state index in [2.05, 4.69) is 41.5 Å². The number of nitrogens with one attached hydrogen (secondary N) is 2. The molecule has 1 aliphatic rings. The van der Waals surface area contributed by atoms with Gasteiger partial charge in [-0.2, -0.15) is 0 Å². The van der Waals surface area contributed by atoms with Gasteiger partial charge in [-0.3, -0.25) is 9.59 Å². The van der Waals surface area contributed by atoms with Crippen LogP contribution < -0.4 is 10.2 Å². The molecular formula is C34H29N3O2S. The van der Waals surface area contributed by atoms with Crippen LogP contribution in [0.15, 0.2) is 113 Å². The molecule has 0 radical (unpaired) electrons. The van der Waals surface area contributed by atoms with Crippen molar-refractivity contribution in [3.63, 3.8) is 0 Å². The first-order valence-corrected chi connectivity index (χ1v) is 14.2. The van der Waals surface area contributed by atoms with E-state index in [1.165, 1.54) is 28.3 Å². The van der Waals surface area contributed by atoms with Gasteiger partial charge in [0.1, 0.15) is 0 Å². The maximum Gasteiger partial charge on any atom is 0.265 e. The molecule has 0 fully saturated rings. The average molecular weight is 544 g/mol. The van der Waals surface area contributed by atoms with Crippen molar-refractivity contribution >= 4 is 46.2 Å². The zero-order valence-corrected chi connectivity index (χ0v) is 23.0. The van der Waals surface area contributed by atoms with Crippen LogP contribution in [0.2, 0.25) is 0 Å². The number of amides is 2. The molecule has 5 nitrogen and oxygen atoms in total. The predicted octanol–water partition coefficient (Wildman–Crippen LogP) is 7.13. The fraction of sp³-hybridized carbons (Fsp3) is 0.118. The minimum absolute atomic E-state index is 0.0238. The van der Waals surface area contributed by atoms with Gasteiger partial charge in [0.25, 0.3) is 11.8 Å². The summed E-state index contributed by atoms with van der Waals surface area (Å²) in [6, 6.07) is 31.8. The highest BCUT2D eigenvalue weighted by molar-refractivity contribution is 8.04. The van der Waals surface area contributed by atoms with Gasteiger partial charge in [-0.25, -0.2) is 0 Å². The normalized spacial score (nSPS) is 14.0. The Balaban J connectivity index is 1.15. The van der Waals surface area contributed by atoms with Crippen molar-refractivity contribution in [2.45, 2.75) is 24.8 Å². The number of fused-ring (bicyclic) bond motifs is 2. The third kappa shape index (κ3) is 5.44. The molecule has 4 aromatic carbocycles. The Bertz CT molecular complexity index is 1740. The number of thioether (sulfide) groups is 1. The molecule has 0 unspecified atom stereocenters. The van der Waals surface area contributed by atoms with Crippen LogP contribution in [-0.2, 0) is 17.8 Å². The van der Waals surface area contributed by atoms with E-state index in [-0.39, 0.29) is 11.8 Å². The number of hydrogen-bond acceptors (Lipinski definition) is 3. The summed E-state index contributed by atoms with van der Waals surface area (Å²) in [6.45, 7) is 3.12. The number of aromatic amines is 1. The summed E-state index contributed by atoms with van der Waals surface area (Å²) in [5, 5.41) is 4.21. The maximum absolute atomic E-state index is 13.6. The third-order valence-corrected chi connectivity index (χ3v) is 8.16. The van der Waals surface area contributed by atoms with Crippen molar-refractivity contribution in [1.29, 1.82) is 0 Å². The van der Waals surface area contributed by atoms with E-state index >= 15 is 0 Å². The topological polar surface area (TPSA) is 65.2 Å². The summed E-state index contributed by atoms with van der Waals surface area (Å²) in [7, 11) is 0. The number of hydrogen-bond donors (Lipinski definition) is 2. The second-order valence-corrected chi connectivity index (χ2v) is 11.0. The van der Waals surface area contributed by atoms with Gasteiger partial charge in [0.15, 0.2) is 0 Å². The van der Waals surface area contributed by atoms with Gasteiger partial charge < -0.3 is 15.2 Å². The summed E-state index contributed by atoms with van der Waals surface area (Å²) in [6.07, 6.45) is 4.66. The minimum Gasteiger partial charge on any atom is -0.361 e. The van der Waals surface area contributed by atoms with Crippen LogP contribution in [0.3, 0.4) is 0 Å². The lowest BCUT2D eigenvalue weighted by Crippen LogP contribution is -2.33. The summed E-state index contributed by atoms with van der Waals surface area (Å²) < 4.78 is 0. The maximum atomic E-state index is 13.6. The molecule has 6 heteroatoms. The third-order valence-electron chi connectivity index (χ3n) is 7.08. The number of para-hydroxylation sites is 2. The van der Waals surface area contributed by atoms with E-state index in [1.54, 1.807) is 0 Å². The molecule has 40 heavy (non-hydrogen) atoms. The molecule has 5 aromatic rings. The molecule has 2 amide bonds. The van der Waals surface area contributed by atoms with Gasteiger partial charge in [0, 0.05) is 34.1 Å². The first-order valence-electron chi connectivity index (χ1n) is 13.3. The number of anilines is 1. The molecule has 0 bridgehead atoms. The molecule has 0 saturated carbocycles. The standard InChI is InChI=1S/C34H29N3O2S/c1-23-7-6-8-25(19-23)22-37-30-11-4-5-12-31(30)40-32(34(37)39)20-24-13-15-26(16-14-24)33(38)35-18-17-27-21-36-29-10-3-2-9-28(27)29/h2-16,19-21,36H,17-18,22H2,1H3,(H,35,38)/b32-20+. The molecular weight excluding hydrogens is 514 g/mol. The molecule has 1 aromatic heterocycles. The van der Waals surface area contributed by atoms with Gasteiger partial charge in [-0.15, -0.1) is 0 Å². The Morgan fingerprint density at radius 3 is 2.60 bits per heavy atom. The van der Waals surface area contributed by atoms with Crippen LogP contribution in [-0.4, -0.2) is 23.3 Å². The number of aryl methyl sites for hydroxylation is 1. The number of benzene rings is 4. The molecule has 2 heterocycles. The lowest BCUT2D eigenvalue weighted by Gasteiger charge is -2.30. The van der Waals surface area contributed by atoms with Crippen molar-refractivity contribution < 1.29 is 9.59 Å². The smallest absolute Gasteiger partial charge is 0.265 e. The van der Waals surface area contributed by atoms with Gasteiger partial charge in [-0.05, 0) is 66.4 Å². The molecule has 0 saturated heterocycles. The number of carbonyl (C=O) groups excluding carboxylic acids is 2. The van der Waals surface area contributed by atoms with Gasteiger partial charge in [0.05, 0.1) is 17.1 Å². The molecule has 198 valence electrons. The molecule has 0 atom stereocenters. The second-order valence-electron chi connectivity index (χ2n) is 9.95. The van der Waals surface area contributed by atoms with E-state index in [0.717, 1.165) is 33.6 Å². The van der Waals surface area contributed by atoms with E-state index in [0.29, 0.717) is 23.6 Å². The van der Waals surface area contributed by atoms with Crippen LogP contribution in [0.25, 0.3) is 17.0 Å². The van der Waals surface area contributed by atoms with E-state index in [9.17, 15) is 9.59 Å². The first-order chi connectivity index (χ1) is 19.5. The SMILES string of the molecule is Cc1cccc(CN2C(=O)/C(=C\c3ccc(C(=O)NCCc4c[nH]c5ccccc45)cc3)Sc3ccccc32)c1. The highest BCUT2D eigenvalue weighted by Crippen LogP contribution is 2.42. The van der Waals surface area contributed by atoms with E-state index in [1.807, 2.05) is 90.0 Å². The van der Waals surface area contributed by atoms with Crippen molar-refractivity contribution in [1.82, 2.24) is 10.3 Å². The molecule has 6 rings (SSSR count). The molecule has 0 spiro atoms. The minimum atomic E-state index is -0.111. The van der Waals surface area contributed by atoms with Gasteiger partial charge in [0.2, 0.25) is 0 Å². The summed E-state index contributed by atoms with van der Waals surface area (Å²) in [4.78, 5) is 33.2. The quantitative estimate of drug-likeness (QED) is 0.215. The Hall–Kier alpha value is -4.55. The van der Waals surface area contributed by atoms with Crippen LogP contribution >= 0.6 is 11.8 Å². The highest BCUT2D eigenvalue weighted by atomic mass is 32.2. The lowest BCUT2D eigenvalue weighted by atomic mass is 10.1. The predicted molar refractivity (Wildman–Crippen MR) is 163 cm³/mol. The van der Waals surface area contributed by atoms with E-state index in [4.69, 9.17) is 0 Å². The Labute approximate surface area is 237 Å². The van der Waals surface area contributed by atoms with E-state index < -0.39 is 0 Å². The van der Waals surface area contributed by atoms with Crippen LogP contribution in [0.4, 0.5) is 5.69 Å². The van der Waals surface area contributed by atoms with Crippen LogP contribution in [0.1, 0.15) is 32.6 Å². The van der Waals surface area contributed by atoms with Gasteiger partial charge in [-0.1, -0.05) is 84.1 Å². The fourth-order valence-electron chi connectivity index (χ4n) is 5.05. The van der Waals surface area contributed by atoms with Crippen LogP contribution in [0, 0.1) is 6.92 Å². The Morgan fingerprint density at radius 1 is 0.950 bits per heavy atom. The van der Waals surface area contributed by atoms with Crippen molar-refractivity contribution in [2.24, 2.45) is 0 Å². The average Bonchev–Trinajstić information content (AvgIpc) is 3.38. The largest absolute Gasteiger partial charge is 0.361 e. The van der Waals surface area contributed by atoms with Crippen molar-refractivity contribution in [3.05, 3.63) is 136 Å². The molecule has 1 aliphatic heterocycles. The first kappa shape index (κ1) is 25.7. The number of nitrogens with zero attached hydrogens (tertiary/aromatic N) is 1. The van der Waals surface area contributed by atoms with Crippen molar-refractivity contribution in [3.8, 4) is 0 Å². The highest BCUT2D eigenvalue weighted by Gasteiger charge is 2.29. The number of aromatic nitrogens is 1. The van der Waals surface area contributed by atoms with Crippen molar-refractivity contribution in [2.75, 3.05) is 11.4 Å². The fourth-order valence-corrected chi connectivity index (χ4v) is 6.10. The molecule has 0 aliphatic carbocycles. The summed E-state index contributed by atoms with van der Waals surface area (Å²) >= 11 is 1.49. The monoisotopic (exact) mass is 543 g/mol. The summed E-state index contributed by atoms with van der Waals surface area (Å²) in [5.74, 6) is -0.135. The summed E-state index contributed by atoms with van der Waals surface area (Å²) in [5.41, 5.74) is 6.94. The number of H-pyrrole nitrogens is 1. The van der Waals surface area contributed by atoms with Crippen LogP contribution in [0.5, 0.6) is 0 Å². The Kier molecular flexibility index (Phi) is 7.25. The lowest BCUT2D eigenvalue weighted by molar-refractivity contribution is -0.114. The zero-order chi connectivity index (χ0) is 27.5.